The van der Waals surface area contributed by atoms with E-state index in [2.05, 4.69) is 4.90 Å². The lowest BCUT2D eigenvalue weighted by atomic mass is 10.1. The summed E-state index contributed by atoms with van der Waals surface area (Å²) in [7, 11) is 0. The van der Waals surface area contributed by atoms with Gasteiger partial charge in [0.2, 0.25) is 5.18 Å². The van der Waals surface area contributed by atoms with Gasteiger partial charge >= 0.3 is 0 Å². The zero-order valence-corrected chi connectivity index (χ0v) is 12.4. The Labute approximate surface area is 125 Å². The summed E-state index contributed by atoms with van der Waals surface area (Å²) in [6.45, 7) is 2.84. The van der Waals surface area contributed by atoms with Gasteiger partial charge in [0.25, 0.3) is 0 Å². The lowest BCUT2D eigenvalue weighted by molar-refractivity contribution is -0.0428. The second-order valence-corrected chi connectivity index (χ2v) is 5.90. The number of alkyl halides is 1. The molecule has 5 heteroatoms. The number of halogens is 1. The molecule has 2 unspecified atom stereocenters. The van der Waals surface area contributed by atoms with Crippen molar-refractivity contribution >= 4 is 11.6 Å². The second-order valence-electron chi connectivity index (χ2n) is 5.34. The number of likely N-dealkylation sites (tertiary alicyclic amines) is 1. The van der Waals surface area contributed by atoms with Crippen molar-refractivity contribution < 1.29 is 9.84 Å². The first kappa shape index (κ1) is 15.7. The summed E-state index contributed by atoms with van der Waals surface area (Å²) >= 11 is 6.18. The topological polar surface area (TPSA) is 58.7 Å². The number of aliphatic hydroxyl groups excluding tert-OH is 1. The van der Waals surface area contributed by atoms with E-state index in [0.29, 0.717) is 12.1 Å². The summed E-state index contributed by atoms with van der Waals surface area (Å²) in [6.07, 6.45) is 3.12. The summed E-state index contributed by atoms with van der Waals surface area (Å²) in [5, 5.41) is 8.65. The fourth-order valence-corrected chi connectivity index (χ4v) is 2.65. The molecule has 0 saturated carbocycles. The fraction of sp³-hybridized carbons (Fsp3) is 0.600. The highest BCUT2D eigenvalue weighted by Gasteiger charge is 2.26. The largest absolute Gasteiger partial charge is 0.389 e. The van der Waals surface area contributed by atoms with Crippen LogP contribution in [0.25, 0.3) is 0 Å². The van der Waals surface area contributed by atoms with Gasteiger partial charge in [-0.15, -0.1) is 0 Å². The molecule has 1 heterocycles. The molecule has 1 aliphatic heterocycles. The zero-order valence-electron chi connectivity index (χ0n) is 11.7. The quantitative estimate of drug-likeness (QED) is 0.478. The first-order chi connectivity index (χ1) is 9.58. The second kappa shape index (κ2) is 7.38. The van der Waals surface area contributed by atoms with Gasteiger partial charge in [-0.3, -0.25) is 5.73 Å². The van der Waals surface area contributed by atoms with Crippen molar-refractivity contribution in [3.63, 3.8) is 0 Å². The monoisotopic (exact) mass is 298 g/mol. The Morgan fingerprint density at radius 1 is 1.25 bits per heavy atom. The van der Waals surface area contributed by atoms with Gasteiger partial charge in [-0.2, -0.15) is 0 Å². The van der Waals surface area contributed by atoms with Gasteiger partial charge in [0.1, 0.15) is 0 Å². The standard InChI is InChI=1S/C15H23ClN2O2/c16-15(17,13-7-3-1-4-8-13)20-12-14(19)11-18-9-5-2-6-10-18/h1,3-4,7-8,14,19H,2,5-6,9-12,17H2. The Kier molecular flexibility index (Phi) is 5.81. The summed E-state index contributed by atoms with van der Waals surface area (Å²) in [6, 6.07) is 9.22. The molecule has 2 atom stereocenters. The van der Waals surface area contributed by atoms with Crippen LogP contribution in [0.2, 0.25) is 0 Å². The van der Waals surface area contributed by atoms with Crippen molar-refractivity contribution in [2.45, 2.75) is 30.6 Å². The highest BCUT2D eigenvalue weighted by atomic mass is 35.5. The minimum Gasteiger partial charge on any atom is -0.389 e. The number of β-amino-alcohol motifs (C(OH)–C–C–N with tert-alkyl or cyclic N) is 1. The molecule has 3 N–H and O–H groups in total. The van der Waals surface area contributed by atoms with Gasteiger partial charge in [-0.1, -0.05) is 48.4 Å². The maximum absolute atomic E-state index is 10.0. The van der Waals surface area contributed by atoms with Crippen LogP contribution in [0.3, 0.4) is 0 Å². The molecule has 112 valence electrons. The fourth-order valence-electron chi connectivity index (χ4n) is 2.46. The van der Waals surface area contributed by atoms with E-state index in [1.165, 1.54) is 19.3 Å². The third-order valence-electron chi connectivity index (χ3n) is 3.57. The first-order valence-corrected chi connectivity index (χ1v) is 7.53. The van der Waals surface area contributed by atoms with Crippen molar-refractivity contribution in [2.24, 2.45) is 5.73 Å². The molecule has 0 aliphatic carbocycles. The van der Waals surface area contributed by atoms with Crippen LogP contribution in [0, 0.1) is 0 Å². The van der Waals surface area contributed by atoms with E-state index in [9.17, 15) is 5.11 Å². The van der Waals surface area contributed by atoms with Gasteiger partial charge in [-0.25, -0.2) is 0 Å². The minimum absolute atomic E-state index is 0.130. The van der Waals surface area contributed by atoms with Gasteiger partial charge in [0, 0.05) is 12.1 Å². The average Bonchev–Trinajstić information content (AvgIpc) is 2.47. The van der Waals surface area contributed by atoms with Gasteiger partial charge in [0.05, 0.1) is 12.7 Å². The highest BCUT2D eigenvalue weighted by Crippen LogP contribution is 2.24. The number of piperidine rings is 1. The molecule has 4 nitrogen and oxygen atoms in total. The maximum Gasteiger partial charge on any atom is 0.220 e. The molecule has 0 aromatic heterocycles. The predicted molar refractivity (Wildman–Crippen MR) is 80.4 cm³/mol. The zero-order chi connectivity index (χ0) is 14.4. The van der Waals surface area contributed by atoms with E-state index in [1.54, 1.807) is 0 Å². The SMILES string of the molecule is NC(Cl)(OCC(O)CN1CCCCC1)c1ccccc1. The molecule has 0 spiro atoms. The third-order valence-corrected chi connectivity index (χ3v) is 3.90. The molecule has 0 radical (unpaired) electrons. The van der Waals surface area contributed by atoms with Crippen molar-refractivity contribution in [3.05, 3.63) is 35.9 Å². The Morgan fingerprint density at radius 2 is 1.90 bits per heavy atom. The molecule has 0 bridgehead atoms. The number of nitrogens with zero attached hydrogens (tertiary/aromatic N) is 1. The molecular formula is C15H23ClN2O2. The van der Waals surface area contributed by atoms with E-state index in [1.807, 2.05) is 30.3 Å². The lowest BCUT2D eigenvalue weighted by Gasteiger charge is -2.30. The van der Waals surface area contributed by atoms with Crippen LogP contribution in [0.15, 0.2) is 30.3 Å². The lowest BCUT2D eigenvalue weighted by Crippen LogP contribution is -2.41. The number of hydrogen-bond acceptors (Lipinski definition) is 4. The van der Waals surface area contributed by atoms with Crippen molar-refractivity contribution in [1.82, 2.24) is 4.90 Å². The molecule has 1 fully saturated rings. The molecule has 1 aromatic carbocycles. The number of ether oxygens (including phenoxy) is 1. The summed E-state index contributed by atoms with van der Waals surface area (Å²) in [5.41, 5.74) is 6.62. The van der Waals surface area contributed by atoms with Crippen LogP contribution >= 0.6 is 11.6 Å². The Balaban J connectivity index is 1.78. The van der Waals surface area contributed by atoms with Gasteiger partial charge in [0.15, 0.2) is 0 Å². The number of rotatable bonds is 6. The van der Waals surface area contributed by atoms with Crippen molar-refractivity contribution in [1.29, 1.82) is 0 Å². The van der Waals surface area contributed by atoms with Crippen molar-refractivity contribution in [2.75, 3.05) is 26.2 Å². The summed E-state index contributed by atoms with van der Waals surface area (Å²) in [5.74, 6) is 0. The molecule has 2 rings (SSSR count). The van der Waals surface area contributed by atoms with Crippen molar-refractivity contribution in [3.8, 4) is 0 Å². The molecular weight excluding hydrogens is 276 g/mol. The number of hydrogen-bond donors (Lipinski definition) is 2. The minimum atomic E-state index is -1.38. The van der Waals surface area contributed by atoms with E-state index < -0.39 is 11.3 Å². The van der Waals surface area contributed by atoms with E-state index >= 15 is 0 Å². The average molecular weight is 299 g/mol. The van der Waals surface area contributed by atoms with E-state index in [0.717, 1.165) is 13.1 Å². The Morgan fingerprint density at radius 3 is 2.55 bits per heavy atom. The smallest absolute Gasteiger partial charge is 0.220 e. The normalized spacial score (nSPS) is 21.4. The van der Waals surface area contributed by atoms with E-state index in [-0.39, 0.29) is 6.61 Å². The van der Waals surface area contributed by atoms with Crippen LogP contribution in [0.4, 0.5) is 0 Å². The van der Waals surface area contributed by atoms with Gasteiger partial charge in [-0.05, 0) is 25.9 Å². The van der Waals surface area contributed by atoms with Crippen LogP contribution in [-0.2, 0) is 9.92 Å². The first-order valence-electron chi connectivity index (χ1n) is 7.15. The van der Waals surface area contributed by atoms with Crippen LogP contribution in [-0.4, -0.2) is 42.4 Å². The molecule has 0 amide bonds. The molecule has 20 heavy (non-hydrogen) atoms. The molecule has 1 saturated heterocycles. The third kappa shape index (κ3) is 4.72. The highest BCUT2D eigenvalue weighted by molar-refractivity contribution is 6.22. The van der Waals surface area contributed by atoms with Gasteiger partial charge < -0.3 is 14.7 Å². The molecule has 1 aliphatic rings. The summed E-state index contributed by atoms with van der Waals surface area (Å²) < 4.78 is 5.49. The Bertz CT molecular complexity index is 394. The van der Waals surface area contributed by atoms with E-state index in [4.69, 9.17) is 22.1 Å². The number of nitrogens with two attached hydrogens (primary N) is 1. The van der Waals surface area contributed by atoms with Crippen LogP contribution in [0.1, 0.15) is 24.8 Å². The summed E-state index contributed by atoms with van der Waals surface area (Å²) in [4.78, 5) is 2.26. The maximum atomic E-state index is 10.0. The predicted octanol–water partition coefficient (Wildman–Crippen LogP) is 1.86. The van der Waals surface area contributed by atoms with Crippen LogP contribution in [0.5, 0.6) is 0 Å². The number of aliphatic hydroxyl groups is 1. The Hall–Kier alpha value is -0.650. The van der Waals surface area contributed by atoms with Crippen LogP contribution < -0.4 is 5.73 Å². The molecule has 1 aromatic rings. The number of benzene rings is 1.